The van der Waals surface area contributed by atoms with Gasteiger partial charge >= 0.3 is 12.1 Å². The van der Waals surface area contributed by atoms with Gasteiger partial charge in [-0.25, -0.2) is 18.6 Å². The van der Waals surface area contributed by atoms with Gasteiger partial charge in [0.1, 0.15) is 17.0 Å². The van der Waals surface area contributed by atoms with E-state index in [2.05, 4.69) is 10.3 Å². The number of benzene rings is 2. The first-order valence-electron chi connectivity index (χ1n) is 10.9. The first-order chi connectivity index (χ1) is 17.3. The van der Waals surface area contributed by atoms with Gasteiger partial charge in [-0.2, -0.15) is 13.2 Å². The zero-order valence-corrected chi connectivity index (χ0v) is 19.6. The fourth-order valence-corrected chi connectivity index (χ4v) is 4.01. The molecule has 2 aromatic heterocycles. The Balaban J connectivity index is 1.86. The number of hydrogen-bond acceptors (Lipinski definition) is 5. The van der Waals surface area contributed by atoms with Crippen molar-refractivity contribution in [2.75, 3.05) is 5.32 Å². The van der Waals surface area contributed by atoms with Crippen LogP contribution in [0, 0.1) is 25.5 Å². The van der Waals surface area contributed by atoms with Crippen molar-refractivity contribution >= 4 is 22.6 Å². The van der Waals surface area contributed by atoms with Crippen LogP contribution in [0.15, 0.2) is 51.7 Å². The van der Waals surface area contributed by atoms with Crippen LogP contribution in [0.4, 0.5) is 27.6 Å². The Hall–Kier alpha value is -4.28. The van der Waals surface area contributed by atoms with Gasteiger partial charge in [-0.1, -0.05) is 6.07 Å². The largest absolute Gasteiger partial charge is 0.476 e. The molecule has 6 nitrogen and oxygen atoms in total. The molecule has 4 rings (SSSR count). The number of carboxylic acids is 1. The summed E-state index contributed by atoms with van der Waals surface area (Å²) in [6, 6.07) is 7.14. The Morgan fingerprint density at radius 2 is 1.76 bits per heavy atom. The molecule has 2 heterocycles. The summed E-state index contributed by atoms with van der Waals surface area (Å²) in [5.41, 5.74) is -1.37. The van der Waals surface area contributed by atoms with Crippen LogP contribution in [0.3, 0.4) is 0 Å². The number of fused-ring (bicyclic) bond motifs is 1. The normalized spacial score (nSPS) is 12.5. The van der Waals surface area contributed by atoms with Crippen molar-refractivity contribution in [3.63, 3.8) is 0 Å². The average Bonchev–Trinajstić information content (AvgIpc) is 2.82. The number of aromatic carboxylic acids is 1. The van der Waals surface area contributed by atoms with Crippen molar-refractivity contribution in [2.45, 2.75) is 33.0 Å². The number of pyridine rings is 1. The van der Waals surface area contributed by atoms with Gasteiger partial charge in [-0.3, -0.25) is 4.79 Å². The van der Waals surface area contributed by atoms with Crippen LogP contribution in [-0.4, -0.2) is 16.1 Å². The molecule has 0 bridgehead atoms. The van der Waals surface area contributed by atoms with Crippen LogP contribution in [-0.2, 0) is 6.18 Å². The molecule has 4 aromatic rings. The van der Waals surface area contributed by atoms with Gasteiger partial charge in [-0.15, -0.1) is 0 Å². The monoisotopic (exact) mass is 518 g/mol. The molecule has 0 fully saturated rings. The summed E-state index contributed by atoms with van der Waals surface area (Å²) in [5.74, 6) is -3.86. The second-order valence-electron chi connectivity index (χ2n) is 8.51. The third kappa shape index (κ3) is 4.89. The maximum Gasteiger partial charge on any atom is 0.433 e. The standard InChI is InChI=1S/C26H19F5N2O4/c1-11-8-15(13(3)32-19-6-7-20(26(29,30)31)33-21(19)25(35)36)24-16(9-11)22(34)12(2)23(37-24)14-4-5-17(27)18(28)10-14/h4-10,13,32H,1-3H3,(H,35,36). The van der Waals surface area contributed by atoms with Gasteiger partial charge in [-0.05, 0) is 62.7 Å². The Bertz CT molecular complexity index is 1610. The summed E-state index contributed by atoms with van der Waals surface area (Å²) in [4.78, 5) is 28.1. The molecular formula is C26H19F5N2O4. The molecule has 0 amide bonds. The SMILES string of the molecule is Cc1cc(C(C)Nc2ccc(C(F)(F)F)nc2C(=O)O)c2oc(-c3ccc(F)c(F)c3)c(C)c(=O)c2c1. The summed E-state index contributed by atoms with van der Waals surface area (Å²) in [6.45, 7) is 4.79. The van der Waals surface area contributed by atoms with Crippen molar-refractivity contribution in [2.24, 2.45) is 0 Å². The Kier molecular flexibility index (Phi) is 6.49. The van der Waals surface area contributed by atoms with E-state index in [0.717, 1.165) is 18.2 Å². The number of anilines is 1. The second kappa shape index (κ2) is 9.30. The van der Waals surface area contributed by atoms with E-state index in [1.807, 2.05) is 0 Å². The fourth-order valence-electron chi connectivity index (χ4n) is 4.01. The lowest BCUT2D eigenvalue weighted by Gasteiger charge is -2.20. The topological polar surface area (TPSA) is 92.4 Å². The number of rotatable bonds is 5. The quantitative estimate of drug-likeness (QED) is 0.288. The molecule has 37 heavy (non-hydrogen) atoms. The van der Waals surface area contributed by atoms with Gasteiger partial charge in [0.25, 0.3) is 0 Å². The van der Waals surface area contributed by atoms with Crippen molar-refractivity contribution in [1.82, 2.24) is 4.98 Å². The molecule has 0 saturated heterocycles. The summed E-state index contributed by atoms with van der Waals surface area (Å²) < 4.78 is 72.5. The minimum Gasteiger partial charge on any atom is -0.476 e. The number of carboxylic acid groups (broad SMARTS) is 1. The van der Waals surface area contributed by atoms with Gasteiger partial charge in [0, 0.05) is 16.7 Å². The molecule has 0 aliphatic heterocycles. The highest BCUT2D eigenvalue weighted by atomic mass is 19.4. The van der Waals surface area contributed by atoms with Gasteiger partial charge in [0.2, 0.25) is 0 Å². The number of alkyl halides is 3. The fraction of sp³-hybridized carbons (Fsp3) is 0.192. The highest BCUT2D eigenvalue weighted by Crippen LogP contribution is 2.34. The molecule has 0 spiro atoms. The maximum atomic E-state index is 13.9. The van der Waals surface area contributed by atoms with E-state index >= 15 is 0 Å². The predicted molar refractivity (Wildman–Crippen MR) is 126 cm³/mol. The van der Waals surface area contributed by atoms with E-state index in [1.165, 1.54) is 13.0 Å². The van der Waals surface area contributed by atoms with Crippen molar-refractivity contribution in [1.29, 1.82) is 0 Å². The van der Waals surface area contributed by atoms with Crippen molar-refractivity contribution in [3.05, 3.63) is 92.4 Å². The van der Waals surface area contributed by atoms with E-state index < -0.39 is 46.6 Å². The molecule has 2 aromatic carbocycles. The van der Waals surface area contributed by atoms with Crippen LogP contribution >= 0.6 is 0 Å². The third-order valence-electron chi connectivity index (χ3n) is 5.80. The highest BCUT2D eigenvalue weighted by Gasteiger charge is 2.34. The van der Waals surface area contributed by atoms with Gasteiger partial charge in [0.05, 0.1) is 17.1 Å². The minimum absolute atomic E-state index is 0.0103. The molecule has 0 radical (unpaired) electrons. The van der Waals surface area contributed by atoms with Crippen molar-refractivity contribution in [3.8, 4) is 11.3 Å². The van der Waals surface area contributed by atoms with Crippen molar-refractivity contribution < 1.29 is 36.3 Å². The molecule has 2 N–H and O–H groups in total. The van der Waals surface area contributed by atoms with E-state index in [4.69, 9.17) is 4.42 Å². The van der Waals surface area contributed by atoms with E-state index in [1.54, 1.807) is 26.0 Å². The number of carbonyl (C=O) groups is 1. The molecule has 0 aliphatic rings. The van der Waals surface area contributed by atoms with E-state index in [-0.39, 0.29) is 33.5 Å². The lowest BCUT2D eigenvalue weighted by Crippen LogP contribution is -2.17. The highest BCUT2D eigenvalue weighted by molar-refractivity contribution is 5.92. The number of nitrogens with one attached hydrogen (secondary N) is 1. The van der Waals surface area contributed by atoms with Gasteiger partial charge < -0.3 is 14.8 Å². The Morgan fingerprint density at radius 1 is 1.05 bits per heavy atom. The number of aryl methyl sites for hydroxylation is 1. The predicted octanol–water partition coefficient (Wildman–Crippen LogP) is 6.64. The molecule has 0 aliphatic carbocycles. The summed E-state index contributed by atoms with van der Waals surface area (Å²) in [7, 11) is 0. The molecule has 0 saturated carbocycles. The minimum atomic E-state index is -4.83. The number of halogens is 5. The number of hydrogen-bond donors (Lipinski definition) is 2. The summed E-state index contributed by atoms with van der Waals surface area (Å²) in [6.07, 6.45) is -4.83. The number of aromatic nitrogens is 1. The van der Waals surface area contributed by atoms with Crippen LogP contribution in [0.25, 0.3) is 22.3 Å². The zero-order chi connectivity index (χ0) is 27.2. The van der Waals surface area contributed by atoms with Crippen LogP contribution in [0.1, 0.15) is 45.8 Å². The lowest BCUT2D eigenvalue weighted by molar-refractivity contribution is -0.141. The molecule has 1 unspecified atom stereocenters. The van der Waals surface area contributed by atoms with Gasteiger partial charge in [0.15, 0.2) is 22.8 Å². The van der Waals surface area contributed by atoms with Crippen LogP contribution in [0.2, 0.25) is 0 Å². The third-order valence-corrected chi connectivity index (χ3v) is 5.80. The first kappa shape index (κ1) is 25.8. The summed E-state index contributed by atoms with van der Waals surface area (Å²) in [5, 5.41) is 12.5. The molecule has 1 atom stereocenters. The smallest absolute Gasteiger partial charge is 0.433 e. The Labute approximate surface area is 206 Å². The molecular weight excluding hydrogens is 499 g/mol. The lowest BCUT2D eigenvalue weighted by atomic mass is 9.98. The number of nitrogens with zero attached hydrogens (tertiary/aromatic N) is 1. The maximum absolute atomic E-state index is 13.9. The first-order valence-corrected chi connectivity index (χ1v) is 10.9. The molecule has 192 valence electrons. The van der Waals surface area contributed by atoms with Crippen LogP contribution in [0.5, 0.6) is 0 Å². The zero-order valence-electron chi connectivity index (χ0n) is 19.6. The Morgan fingerprint density at radius 3 is 2.38 bits per heavy atom. The van der Waals surface area contributed by atoms with Crippen LogP contribution < -0.4 is 10.7 Å². The van der Waals surface area contributed by atoms with E-state index in [0.29, 0.717) is 17.2 Å². The summed E-state index contributed by atoms with van der Waals surface area (Å²) >= 11 is 0. The average molecular weight is 518 g/mol. The second-order valence-corrected chi connectivity index (χ2v) is 8.51. The van der Waals surface area contributed by atoms with E-state index in [9.17, 15) is 36.6 Å². The molecule has 11 heteroatoms.